The van der Waals surface area contributed by atoms with E-state index in [1.165, 1.54) is 43.4 Å². The third kappa shape index (κ3) is 7.89. The van der Waals surface area contributed by atoms with Crippen molar-refractivity contribution < 1.29 is 4.74 Å². The van der Waals surface area contributed by atoms with Crippen molar-refractivity contribution in [1.82, 2.24) is 0 Å². The van der Waals surface area contributed by atoms with Gasteiger partial charge in [-0.05, 0) is 32.4 Å². The number of nitrogens with one attached hydrogen (secondary N) is 1. The number of benzene rings is 1. The zero-order valence-electron chi connectivity index (χ0n) is 12.7. The Morgan fingerprint density at radius 1 is 1.11 bits per heavy atom. The SMILES string of the molecule is CCCCCCC(C)OCCNc1ccc(C)cc1. The molecule has 0 fully saturated rings. The molecule has 0 aromatic heterocycles. The fraction of sp³-hybridized carbons (Fsp3) is 0.647. The first-order chi connectivity index (χ1) is 9.22. The third-order valence-electron chi connectivity index (χ3n) is 3.35. The quantitative estimate of drug-likeness (QED) is 0.613. The molecule has 2 heteroatoms. The zero-order chi connectivity index (χ0) is 13.9. The summed E-state index contributed by atoms with van der Waals surface area (Å²) < 4.78 is 5.81. The molecule has 2 nitrogen and oxygen atoms in total. The summed E-state index contributed by atoms with van der Waals surface area (Å²) in [6.07, 6.45) is 6.85. The number of ether oxygens (including phenoxy) is 1. The molecule has 0 saturated heterocycles. The molecule has 0 radical (unpaired) electrons. The summed E-state index contributed by atoms with van der Waals surface area (Å²) in [6, 6.07) is 8.48. The van der Waals surface area contributed by atoms with Crippen LogP contribution in [0.5, 0.6) is 0 Å². The maximum absolute atomic E-state index is 5.81. The van der Waals surface area contributed by atoms with Gasteiger partial charge in [-0.25, -0.2) is 0 Å². The van der Waals surface area contributed by atoms with Crippen LogP contribution in [0.3, 0.4) is 0 Å². The van der Waals surface area contributed by atoms with Gasteiger partial charge in [0.1, 0.15) is 0 Å². The first kappa shape index (κ1) is 16.0. The molecular weight excluding hydrogens is 234 g/mol. The Balaban J connectivity index is 2.02. The van der Waals surface area contributed by atoms with E-state index in [-0.39, 0.29) is 0 Å². The molecule has 19 heavy (non-hydrogen) atoms. The second-order valence-electron chi connectivity index (χ2n) is 5.32. The Morgan fingerprint density at radius 2 is 1.84 bits per heavy atom. The summed E-state index contributed by atoms with van der Waals surface area (Å²) in [7, 11) is 0. The molecule has 0 saturated carbocycles. The summed E-state index contributed by atoms with van der Waals surface area (Å²) >= 11 is 0. The molecule has 108 valence electrons. The molecule has 1 N–H and O–H groups in total. The Kier molecular flexibility index (Phi) is 8.31. The van der Waals surface area contributed by atoms with Crippen LogP contribution < -0.4 is 5.32 Å². The predicted molar refractivity (Wildman–Crippen MR) is 83.8 cm³/mol. The van der Waals surface area contributed by atoms with Crippen molar-refractivity contribution in [2.75, 3.05) is 18.5 Å². The van der Waals surface area contributed by atoms with Crippen LogP contribution in [0.1, 0.15) is 51.5 Å². The maximum Gasteiger partial charge on any atom is 0.0642 e. The molecule has 1 atom stereocenters. The van der Waals surface area contributed by atoms with E-state index in [1.54, 1.807) is 0 Å². The first-order valence-corrected chi connectivity index (χ1v) is 7.64. The van der Waals surface area contributed by atoms with E-state index < -0.39 is 0 Å². The van der Waals surface area contributed by atoms with Crippen molar-refractivity contribution >= 4 is 5.69 Å². The lowest BCUT2D eigenvalue weighted by Gasteiger charge is -2.13. The average molecular weight is 263 g/mol. The van der Waals surface area contributed by atoms with Crippen molar-refractivity contribution in [3.8, 4) is 0 Å². The first-order valence-electron chi connectivity index (χ1n) is 7.64. The van der Waals surface area contributed by atoms with Gasteiger partial charge in [0, 0.05) is 12.2 Å². The normalized spacial score (nSPS) is 12.4. The predicted octanol–water partition coefficient (Wildman–Crippen LogP) is 4.78. The molecule has 1 rings (SSSR count). The van der Waals surface area contributed by atoms with Crippen LogP contribution in [0.25, 0.3) is 0 Å². The average Bonchev–Trinajstić information content (AvgIpc) is 2.42. The van der Waals surface area contributed by atoms with Gasteiger partial charge in [0.05, 0.1) is 12.7 Å². The molecule has 0 amide bonds. The molecule has 1 unspecified atom stereocenters. The molecular formula is C17H29NO. The van der Waals surface area contributed by atoms with E-state index in [1.807, 2.05) is 0 Å². The van der Waals surface area contributed by atoms with Crippen molar-refractivity contribution in [3.05, 3.63) is 29.8 Å². The van der Waals surface area contributed by atoms with Gasteiger partial charge >= 0.3 is 0 Å². The Morgan fingerprint density at radius 3 is 2.53 bits per heavy atom. The molecule has 0 aliphatic rings. The highest BCUT2D eigenvalue weighted by molar-refractivity contribution is 5.44. The summed E-state index contributed by atoms with van der Waals surface area (Å²) in [5, 5.41) is 3.38. The van der Waals surface area contributed by atoms with Gasteiger partial charge < -0.3 is 10.1 Å². The fourth-order valence-corrected chi connectivity index (χ4v) is 2.07. The second-order valence-corrected chi connectivity index (χ2v) is 5.32. The number of rotatable bonds is 10. The van der Waals surface area contributed by atoms with Gasteiger partial charge in [-0.2, -0.15) is 0 Å². The van der Waals surface area contributed by atoms with Crippen LogP contribution in [0.2, 0.25) is 0 Å². The van der Waals surface area contributed by atoms with Gasteiger partial charge in [0.25, 0.3) is 0 Å². The minimum absolute atomic E-state index is 0.386. The highest BCUT2D eigenvalue weighted by Gasteiger charge is 2.01. The van der Waals surface area contributed by atoms with E-state index in [2.05, 4.69) is 50.4 Å². The van der Waals surface area contributed by atoms with E-state index in [4.69, 9.17) is 4.74 Å². The van der Waals surface area contributed by atoms with E-state index in [9.17, 15) is 0 Å². The number of unbranched alkanes of at least 4 members (excludes halogenated alkanes) is 3. The van der Waals surface area contributed by atoms with E-state index in [0.29, 0.717) is 6.10 Å². The van der Waals surface area contributed by atoms with Crippen LogP contribution in [0, 0.1) is 6.92 Å². The standard InChI is InChI=1S/C17H29NO/c1-4-5-6-7-8-16(3)19-14-13-18-17-11-9-15(2)10-12-17/h9-12,16,18H,4-8,13-14H2,1-3H3. The summed E-state index contributed by atoms with van der Waals surface area (Å²) in [6.45, 7) is 8.19. The monoisotopic (exact) mass is 263 g/mol. The van der Waals surface area contributed by atoms with Crippen LogP contribution in [0.4, 0.5) is 5.69 Å². The van der Waals surface area contributed by atoms with Crippen molar-refractivity contribution in [1.29, 1.82) is 0 Å². The van der Waals surface area contributed by atoms with Gasteiger partial charge in [-0.3, -0.25) is 0 Å². The maximum atomic E-state index is 5.81. The Labute approximate surface area is 118 Å². The molecule has 0 bridgehead atoms. The number of anilines is 1. The van der Waals surface area contributed by atoms with Crippen molar-refractivity contribution in [2.24, 2.45) is 0 Å². The van der Waals surface area contributed by atoms with Crippen LogP contribution in [-0.2, 0) is 4.74 Å². The lowest BCUT2D eigenvalue weighted by atomic mass is 10.1. The van der Waals surface area contributed by atoms with E-state index >= 15 is 0 Å². The molecule has 0 aliphatic heterocycles. The van der Waals surface area contributed by atoms with Gasteiger partial charge in [-0.15, -0.1) is 0 Å². The Hall–Kier alpha value is -1.02. The molecule has 0 aliphatic carbocycles. The third-order valence-corrected chi connectivity index (χ3v) is 3.35. The molecule has 1 aromatic rings. The number of hydrogen-bond donors (Lipinski definition) is 1. The Bertz CT molecular complexity index is 321. The summed E-state index contributed by atoms with van der Waals surface area (Å²) in [5.74, 6) is 0. The van der Waals surface area contributed by atoms with Gasteiger partial charge in [-0.1, -0.05) is 50.3 Å². The van der Waals surface area contributed by atoms with Crippen LogP contribution in [0.15, 0.2) is 24.3 Å². The van der Waals surface area contributed by atoms with E-state index in [0.717, 1.165) is 13.2 Å². The number of hydrogen-bond acceptors (Lipinski definition) is 2. The minimum Gasteiger partial charge on any atom is -0.383 e. The van der Waals surface area contributed by atoms with Crippen LogP contribution in [-0.4, -0.2) is 19.3 Å². The van der Waals surface area contributed by atoms with Gasteiger partial charge in [0.15, 0.2) is 0 Å². The topological polar surface area (TPSA) is 21.3 Å². The highest BCUT2D eigenvalue weighted by atomic mass is 16.5. The minimum atomic E-state index is 0.386. The van der Waals surface area contributed by atoms with Crippen molar-refractivity contribution in [2.45, 2.75) is 59.0 Å². The lowest BCUT2D eigenvalue weighted by molar-refractivity contribution is 0.0658. The summed E-state index contributed by atoms with van der Waals surface area (Å²) in [5.41, 5.74) is 2.47. The van der Waals surface area contributed by atoms with Crippen LogP contribution >= 0.6 is 0 Å². The smallest absolute Gasteiger partial charge is 0.0642 e. The summed E-state index contributed by atoms with van der Waals surface area (Å²) in [4.78, 5) is 0. The van der Waals surface area contributed by atoms with Crippen molar-refractivity contribution in [3.63, 3.8) is 0 Å². The lowest BCUT2D eigenvalue weighted by Crippen LogP contribution is -2.15. The zero-order valence-corrected chi connectivity index (χ0v) is 12.7. The number of aryl methyl sites for hydroxylation is 1. The van der Waals surface area contributed by atoms with Gasteiger partial charge in [0.2, 0.25) is 0 Å². The molecule has 0 spiro atoms. The highest BCUT2D eigenvalue weighted by Crippen LogP contribution is 2.09. The molecule has 1 aromatic carbocycles. The molecule has 0 heterocycles. The largest absolute Gasteiger partial charge is 0.383 e. The second kappa shape index (κ2) is 9.85. The fourth-order valence-electron chi connectivity index (χ4n) is 2.07.